The number of benzene rings is 1. The number of allylic oxidation sites excluding steroid dienone is 2. The third kappa shape index (κ3) is 7.87. The Balaban J connectivity index is 3.15. The van der Waals surface area contributed by atoms with E-state index in [0.29, 0.717) is 11.0 Å². The summed E-state index contributed by atoms with van der Waals surface area (Å²) in [5.41, 5.74) is -3.56. The predicted octanol–water partition coefficient (Wildman–Crippen LogP) is 6.62. The van der Waals surface area contributed by atoms with E-state index in [1.165, 1.54) is 13.0 Å². The van der Waals surface area contributed by atoms with Crippen molar-refractivity contribution in [1.82, 2.24) is 0 Å². The SMILES string of the molecule is CC/C=C(\CCCN(CC(F)(F)F)c1ccc(C#N)c(C(F)(F)F)c1)C(F)(F)F. The molecule has 0 unspecified atom stereocenters. The predicted molar refractivity (Wildman–Crippen MR) is 88.1 cm³/mol. The van der Waals surface area contributed by atoms with Crippen LogP contribution in [0.3, 0.4) is 0 Å². The summed E-state index contributed by atoms with van der Waals surface area (Å²) in [7, 11) is 0. The summed E-state index contributed by atoms with van der Waals surface area (Å²) in [6.45, 7) is -0.730. The van der Waals surface area contributed by atoms with Crippen molar-refractivity contribution < 1.29 is 39.5 Å². The molecule has 0 aliphatic carbocycles. The molecule has 0 amide bonds. The van der Waals surface area contributed by atoms with E-state index in [-0.39, 0.29) is 12.8 Å². The molecule has 0 aromatic heterocycles. The number of hydrogen-bond acceptors (Lipinski definition) is 2. The van der Waals surface area contributed by atoms with Crippen molar-refractivity contribution in [3.63, 3.8) is 0 Å². The van der Waals surface area contributed by atoms with Crippen molar-refractivity contribution in [2.24, 2.45) is 0 Å². The van der Waals surface area contributed by atoms with Crippen LogP contribution in [-0.2, 0) is 6.18 Å². The van der Waals surface area contributed by atoms with Gasteiger partial charge in [0.1, 0.15) is 6.54 Å². The second kappa shape index (κ2) is 9.41. The van der Waals surface area contributed by atoms with Gasteiger partial charge in [-0.05, 0) is 37.5 Å². The minimum atomic E-state index is -4.97. The minimum Gasteiger partial charge on any atom is -0.363 e. The van der Waals surface area contributed by atoms with Gasteiger partial charge in [0.15, 0.2) is 0 Å². The minimum absolute atomic E-state index is 0.0751. The van der Waals surface area contributed by atoms with E-state index >= 15 is 0 Å². The molecular weight excluding hydrogens is 415 g/mol. The maximum absolute atomic E-state index is 13.1. The Morgan fingerprint density at radius 1 is 1.07 bits per heavy atom. The Labute approximate surface area is 161 Å². The van der Waals surface area contributed by atoms with E-state index in [1.54, 1.807) is 0 Å². The zero-order valence-electron chi connectivity index (χ0n) is 15.1. The van der Waals surface area contributed by atoms with Crippen LogP contribution in [0.2, 0.25) is 0 Å². The van der Waals surface area contributed by atoms with Gasteiger partial charge in [-0.2, -0.15) is 44.8 Å². The third-order valence-electron chi connectivity index (χ3n) is 3.85. The second-order valence-corrected chi connectivity index (χ2v) is 6.12. The molecule has 0 fully saturated rings. The molecule has 1 rings (SSSR count). The van der Waals surface area contributed by atoms with Gasteiger partial charge in [-0.3, -0.25) is 0 Å². The van der Waals surface area contributed by atoms with Crippen LogP contribution < -0.4 is 4.90 Å². The molecule has 0 aliphatic rings. The summed E-state index contributed by atoms with van der Waals surface area (Å²) in [6.07, 6.45) is -14.3. The number of halogens is 9. The van der Waals surface area contributed by atoms with Gasteiger partial charge in [-0.25, -0.2) is 0 Å². The van der Waals surface area contributed by atoms with Crippen molar-refractivity contribution in [3.05, 3.63) is 41.0 Å². The molecule has 0 spiro atoms. The number of nitrogens with zero attached hydrogens (tertiary/aromatic N) is 2. The van der Waals surface area contributed by atoms with Gasteiger partial charge in [-0.15, -0.1) is 0 Å². The Bertz CT molecular complexity index is 753. The highest BCUT2D eigenvalue weighted by Crippen LogP contribution is 2.35. The van der Waals surface area contributed by atoms with Crippen molar-refractivity contribution in [1.29, 1.82) is 5.26 Å². The van der Waals surface area contributed by atoms with Crippen LogP contribution in [0.15, 0.2) is 29.8 Å². The lowest BCUT2D eigenvalue weighted by molar-refractivity contribution is -0.137. The first kappa shape index (κ1) is 24.7. The first-order valence-electron chi connectivity index (χ1n) is 8.38. The number of rotatable bonds is 7. The van der Waals surface area contributed by atoms with Gasteiger partial charge in [0.25, 0.3) is 0 Å². The average molecular weight is 432 g/mol. The fourth-order valence-electron chi connectivity index (χ4n) is 2.64. The van der Waals surface area contributed by atoms with E-state index in [0.717, 1.165) is 18.2 Å². The average Bonchev–Trinajstić information content (AvgIpc) is 2.56. The molecule has 11 heteroatoms. The molecule has 0 aliphatic heterocycles. The maximum Gasteiger partial charge on any atom is 0.417 e. The molecule has 0 radical (unpaired) electrons. The molecule has 162 valence electrons. The van der Waals surface area contributed by atoms with Gasteiger partial charge in [0.05, 0.1) is 17.2 Å². The number of nitriles is 1. The Morgan fingerprint density at radius 2 is 1.69 bits per heavy atom. The molecule has 0 N–H and O–H groups in total. The van der Waals surface area contributed by atoms with Crippen LogP contribution in [0.1, 0.15) is 37.3 Å². The lowest BCUT2D eigenvalue weighted by atomic mass is 10.1. The first-order chi connectivity index (χ1) is 13.2. The molecule has 29 heavy (non-hydrogen) atoms. The number of hydrogen-bond donors (Lipinski definition) is 0. The summed E-state index contributed by atoms with van der Waals surface area (Å²) < 4.78 is 116. The fraction of sp³-hybridized carbons (Fsp3) is 0.500. The molecule has 2 nitrogen and oxygen atoms in total. The quantitative estimate of drug-likeness (QED) is 0.358. The summed E-state index contributed by atoms with van der Waals surface area (Å²) in [5.74, 6) is 0. The van der Waals surface area contributed by atoms with Gasteiger partial charge in [-0.1, -0.05) is 13.0 Å². The van der Waals surface area contributed by atoms with Crippen molar-refractivity contribution in [2.45, 2.75) is 44.7 Å². The molecule has 1 aromatic rings. The van der Waals surface area contributed by atoms with Crippen LogP contribution in [0.25, 0.3) is 0 Å². The Morgan fingerprint density at radius 3 is 2.14 bits per heavy atom. The second-order valence-electron chi connectivity index (χ2n) is 6.12. The number of anilines is 1. The highest BCUT2D eigenvalue weighted by molar-refractivity contribution is 5.55. The van der Waals surface area contributed by atoms with Gasteiger partial charge >= 0.3 is 18.5 Å². The summed E-state index contributed by atoms with van der Waals surface area (Å²) >= 11 is 0. The molecule has 0 atom stereocenters. The zero-order valence-corrected chi connectivity index (χ0v) is 15.1. The van der Waals surface area contributed by atoms with Crippen LogP contribution in [-0.4, -0.2) is 25.4 Å². The van der Waals surface area contributed by atoms with Gasteiger partial charge < -0.3 is 4.90 Å². The molecule has 0 saturated heterocycles. The Hall–Kier alpha value is -2.38. The zero-order chi connectivity index (χ0) is 22.5. The summed E-state index contributed by atoms with van der Waals surface area (Å²) in [6, 6.07) is 3.36. The molecule has 0 bridgehead atoms. The fourth-order valence-corrected chi connectivity index (χ4v) is 2.64. The standard InChI is InChI=1S/C18H17F9N2/c1-2-4-13(17(22,23)24)5-3-8-29(11-16(19,20)21)14-7-6-12(10-28)15(9-14)18(25,26)27/h4,6-7,9H,2-3,5,8,11H2,1H3/b13-4+. The monoisotopic (exact) mass is 432 g/mol. The Kier molecular flexibility index (Phi) is 8.00. The van der Waals surface area contributed by atoms with Crippen LogP contribution in [0.5, 0.6) is 0 Å². The third-order valence-corrected chi connectivity index (χ3v) is 3.85. The maximum atomic E-state index is 13.1. The molecular formula is C18H17F9N2. The van der Waals surface area contributed by atoms with E-state index in [9.17, 15) is 39.5 Å². The smallest absolute Gasteiger partial charge is 0.363 e. The van der Waals surface area contributed by atoms with E-state index < -0.39 is 60.4 Å². The van der Waals surface area contributed by atoms with Gasteiger partial charge in [0, 0.05) is 17.8 Å². The first-order valence-corrected chi connectivity index (χ1v) is 8.38. The van der Waals surface area contributed by atoms with E-state index in [1.807, 2.05) is 0 Å². The lowest BCUT2D eigenvalue weighted by Crippen LogP contribution is -2.35. The van der Waals surface area contributed by atoms with Crippen molar-refractivity contribution in [3.8, 4) is 6.07 Å². The normalized spacial score (nSPS) is 13.3. The van der Waals surface area contributed by atoms with E-state index in [4.69, 9.17) is 5.26 Å². The van der Waals surface area contributed by atoms with Crippen molar-refractivity contribution >= 4 is 5.69 Å². The molecule has 0 saturated carbocycles. The van der Waals surface area contributed by atoms with Crippen molar-refractivity contribution in [2.75, 3.05) is 18.0 Å². The largest absolute Gasteiger partial charge is 0.417 e. The topological polar surface area (TPSA) is 27.0 Å². The highest BCUT2D eigenvalue weighted by Gasteiger charge is 2.36. The summed E-state index contributed by atoms with van der Waals surface area (Å²) in [4.78, 5) is 0.524. The van der Waals surface area contributed by atoms with Gasteiger partial charge in [0.2, 0.25) is 0 Å². The summed E-state index contributed by atoms with van der Waals surface area (Å²) in [5, 5.41) is 8.77. The number of alkyl halides is 9. The van der Waals surface area contributed by atoms with Crippen LogP contribution >= 0.6 is 0 Å². The lowest BCUT2D eigenvalue weighted by Gasteiger charge is -2.27. The van der Waals surface area contributed by atoms with Crippen LogP contribution in [0, 0.1) is 11.3 Å². The van der Waals surface area contributed by atoms with Crippen LogP contribution in [0.4, 0.5) is 45.2 Å². The molecule has 1 aromatic carbocycles. The molecule has 0 heterocycles. The van der Waals surface area contributed by atoms with E-state index in [2.05, 4.69) is 0 Å². The highest BCUT2D eigenvalue weighted by atomic mass is 19.4.